The Bertz CT molecular complexity index is 414. The van der Waals surface area contributed by atoms with E-state index < -0.39 is 0 Å². The van der Waals surface area contributed by atoms with E-state index in [2.05, 4.69) is 13.8 Å². The Morgan fingerprint density at radius 2 is 1.95 bits per heavy atom. The minimum absolute atomic E-state index is 0.0800. The van der Waals surface area contributed by atoms with Gasteiger partial charge in [0.1, 0.15) is 5.60 Å². The molecule has 112 valence electrons. The van der Waals surface area contributed by atoms with Gasteiger partial charge in [0, 0.05) is 5.02 Å². The minimum Gasteiger partial charge on any atom is -0.365 e. The van der Waals surface area contributed by atoms with E-state index in [1.165, 1.54) is 0 Å². The molecule has 20 heavy (non-hydrogen) atoms. The van der Waals surface area contributed by atoms with Gasteiger partial charge < -0.3 is 14.2 Å². The molecule has 4 heteroatoms. The summed E-state index contributed by atoms with van der Waals surface area (Å²) in [5.74, 6) is 0. The maximum atomic E-state index is 6.15. The molecule has 1 aliphatic rings. The molecule has 0 aromatic heterocycles. The Kier molecular flexibility index (Phi) is 5.85. The number of rotatable bonds is 6. The number of hydrogen-bond donors (Lipinski definition) is 0. The fourth-order valence-electron chi connectivity index (χ4n) is 2.22. The summed E-state index contributed by atoms with van der Waals surface area (Å²) >= 11 is 6.15. The van der Waals surface area contributed by atoms with Crippen molar-refractivity contribution in [2.45, 2.75) is 51.6 Å². The van der Waals surface area contributed by atoms with Crippen molar-refractivity contribution in [1.29, 1.82) is 0 Å². The number of hydrogen-bond acceptors (Lipinski definition) is 3. The Hall–Kier alpha value is -0.610. The molecule has 0 atom stereocenters. The largest absolute Gasteiger partial charge is 0.365 e. The number of halogens is 1. The maximum Gasteiger partial charge on any atom is 0.157 e. The normalized spacial score (nSPS) is 26.6. The molecule has 0 bridgehead atoms. The predicted octanol–water partition coefficient (Wildman–Crippen LogP) is 4.18. The zero-order chi connectivity index (χ0) is 14.4. The molecular formula is C16H23ClO3. The monoisotopic (exact) mass is 298 g/mol. The molecule has 1 aromatic rings. The standard InChI is InChI=1S/C16H23ClO3/c1-3-7-15-18-11-16(4-2,12-19-15)20-10-13-8-5-6-9-14(13)17/h5-6,8-9,15H,3-4,7,10-12H2,1-2H3/t15-,16+. The third-order valence-corrected chi connectivity index (χ3v) is 4.09. The highest BCUT2D eigenvalue weighted by Gasteiger charge is 2.36. The Labute approximate surface area is 126 Å². The average molecular weight is 299 g/mol. The first-order chi connectivity index (χ1) is 9.69. The Morgan fingerprint density at radius 3 is 2.55 bits per heavy atom. The lowest BCUT2D eigenvalue weighted by Gasteiger charge is -2.39. The van der Waals surface area contributed by atoms with E-state index in [-0.39, 0.29) is 11.9 Å². The van der Waals surface area contributed by atoms with Crippen molar-refractivity contribution in [3.63, 3.8) is 0 Å². The molecule has 3 nitrogen and oxygen atoms in total. The van der Waals surface area contributed by atoms with Gasteiger partial charge >= 0.3 is 0 Å². The predicted molar refractivity (Wildman–Crippen MR) is 79.9 cm³/mol. The van der Waals surface area contributed by atoms with Crippen molar-refractivity contribution in [2.75, 3.05) is 13.2 Å². The molecule has 1 aliphatic heterocycles. The molecule has 1 fully saturated rings. The van der Waals surface area contributed by atoms with Gasteiger partial charge in [0.05, 0.1) is 19.8 Å². The van der Waals surface area contributed by atoms with Gasteiger partial charge in [-0.2, -0.15) is 0 Å². The van der Waals surface area contributed by atoms with E-state index in [9.17, 15) is 0 Å². The van der Waals surface area contributed by atoms with Crippen LogP contribution in [-0.4, -0.2) is 25.1 Å². The van der Waals surface area contributed by atoms with Crippen molar-refractivity contribution in [3.8, 4) is 0 Å². The highest BCUT2D eigenvalue weighted by Crippen LogP contribution is 2.27. The quantitative estimate of drug-likeness (QED) is 0.788. The van der Waals surface area contributed by atoms with Crippen LogP contribution in [0.4, 0.5) is 0 Å². The van der Waals surface area contributed by atoms with Crippen LogP contribution in [0.3, 0.4) is 0 Å². The second kappa shape index (κ2) is 7.41. The molecule has 0 aliphatic carbocycles. The maximum absolute atomic E-state index is 6.15. The van der Waals surface area contributed by atoms with Crippen LogP contribution in [0.15, 0.2) is 24.3 Å². The SMILES string of the molecule is CCC[C@H]1OC[C@@](CC)(OCc2ccccc2Cl)CO1. The third-order valence-electron chi connectivity index (χ3n) is 3.72. The molecule has 0 N–H and O–H groups in total. The molecule has 1 saturated heterocycles. The van der Waals surface area contributed by atoms with Gasteiger partial charge in [0.25, 0.3) is 0 Å². The summed E-state index contributed by atoms with van der Waals surface area (Å²) < 4.78 is 17.6. The summed E-state index contributed by atoms with van der Waals surface area (Å²) in [6, 6.07) is 7.75. The number of ether oxygens (including phenoxy) is 3. The first kappa shape index (κ1) is 15.8. The van der Waals surface area contributed by atoms with Crippen LogP contribution in [0.5, 0.6) is 0 Å². The smallest absolute Gasteiger partial charge is 0.157 e. The van der Waals surface area contributed by atoms with Gasteiger partial charge in [-0.1, -0.05) is 50.1 Å². The van der Waals surface area contributed by atoms with Gasteiger partial charge in [0.2, 0.25) is 0 Å². The van der Waals surface area contributed by atoms with Gasteiger partial charge in [-0.3, -0.25) is 0 Å². The topological polar surface area (TPSA) is 27.7 Å². The average Bonchev–Trinajstić information content (AvgIpc) is 2.49. The van der Waals surface area contributed by atoms with Crippen LogP contribution >= 0.6 is 11.6 Å². The zero-order valence-corrected chi connectivity index (χ0v) is 13.0. The lowest BCUT2D eigenvalue weighted by atomic mass is 10.0. The van der Waals surface area contributed by atoms with Crippen molar-refractivity contribution in [2.24, 2.45) is 0 Å². The highest BCUT2D eigenvalue weighted by atomic mass is 35.5. The third kappa shape index (κ3) is 3.95. The summed E-state index contributed by atoms with van der Waals surface area (Å²) in [5.41, 5.74) is 0.640. The molecular weight excluding hydrogens is 276 g/mol. The van der Waals surface area contributed by atoms with Crippen LogP contribution in [0.2, 0.25) is 5.02 Å². The Balaban J connectivity index is 1.91. The van der Waals surface area contributed by atoms with Gasteiger partial charge in [0.15, 0.2) is 6.29 Å². The van der Waals surface area contributed by atoms with E-state index in [0.717, 1.165) is 29.8 Å². The fraction of sp³-hybridized carbons (Fsp3) is 0.625. The van der Waals surface area contributed by atoms with E-state index >= 15 is 0 Å². The molecule has 0 unspecified atom stereocenters. The van der Waals surface area contributed by atoms with Crippen LogP contribution in [-0.2, 0) is 20.8 Å². The zero-order valence-electron chi connectivity index (χ0n) is 12.2. The summed E-state index contributed by atoms with van der Waals surface area (Å²) in [5, 5.41) is 0.736. The van der Waals surface area contributed by atoms with E-state index in [4.69, 9.17) is 25.8 Å². The van der Waals surface area contributed by atoms with Crippen LogP contribution in [0.25, 0.3) is 0 Å². The minimum atomic E-state index is -0.358. The molecule has 0 radical (unpaired) electrons. The van der Waals surface area contributed by atoms with Crippen LogP contribution in [0.1, 0.15) is 38.7 Å². The Morgan fingerprint density at radius 1 is 1.25 bits per heavy atom. The van der Waals surface area contributed by atoms with Crippen LogP contribution in [0, 0.1) is 0 Å². The van der Waals surface area contributed by atoms with Gasteiger partial charge in [-0.25, -0.2) is 0 Å². The lowest BCUT2D eigenvalue weighted by Crippen LogP contribution is -2.48. The van der Waals surface area contributed by atoms with E-state index in [1.54, 1.807) is 0 Å². The summed E-state index contributed by atoms with van der Waals surface area (Å²) in [6.45, 7) is 5.87. The molecule has 2 rings (SSSR count). The summed E-state index contributed by atoms with van der Waals surface area (Å²) in [7, 11) is 0. The first-order valence-corrected chi connectivity index (χ1v) is 7.67. The second-order valence-electron chi connectivity index (χ2n) is 5.26. The highest BCUT2D eigenvalue weighted by molar-refractivity contribution is 6.31. The molecule has 1 aromatic carbocycles. The van der Waals surface area contributed by atoms with Crippen molar-refractivity contribution < 1.29 is 14.2 Å². The van der Waals surface area contributed by atoms with Crippen LogP contribution < -0.4 is 0 Å². The first-order valence-electron chi connectivity index (χ1n) is 7.29. The second-order valence-corrected chi connectivity index (χ2v) is 5.66. The van der Waals surface area contributed by atoms with Gasteiger partial charge in [-0.05, 0) is 24.5 Å². The van der Waals surface area contributed by atoms with Crippen molar-refractivity contribution in [3.05, 3.63) is 34.9 Å². The van der Waals surface area contributed by atoms with Crippen molar-refractivity contribution in [1.82, 2.24) is 0 Å². The lowest BCUT2D eigenvalue weighted by molar-refractivity contribution is -0.270. The fourth-order valence-corrected chi connectivity index (χ4v) is 2.41. The molecule has 0 spiro atoms. The molecule has 0 saturated carbocycles. The van der Waals surface area contributed by atoms with E-state index in [1.807, 2.05) is 24.3 Å². The molecule has 0 amide bonds. The molecule has 1 heterocycles. The number of benzene rings is 1. The van der Waals surface area contributed by atoms with E-state index in [0.29, 0.717) is 19.8 Å². The summed E-state index contributed by atoms with van der Waals surface area (Å²) in [6.07, 6.45) is 2.77. The summed E-state index contributed by atoms with van der Waals surface area (Å²) in [4.78, 5) is 0. The van der Waals surface area contributed by atoms with Gasteiger partial charge in [-0.15, -0.1) is 0 Å². The van der Waals surface area contributed by atoms with Crippen molar-refractivity contribution >= 4 is 11.6 Å².